The molecule has 0 fully saturated rings. The van der Waals surface area contributed by atoms with E-state index in [1.807, 2.05) is 24.3 Å². The lowest BCUT2D eigenvalue weighted by molar-refractivity contribution is -0.124. The molecule has 6 heteroatoms. The summed E-state index contributed by atoms with van der Waals surface area (Å²) >= 11 is 5.81. The fraction of sp³-hybridized carbons (Fsp3) is 0.222. The Hall–Kier alpha value is -2.37. The number of aromatic carboxylic acids is 1. The van der Waals surface area contributed by atoms with Crippen molar-refractivity contribution in [1.82, 2.24) is 0 Å². The van der Waals surface area contributed by atoms with Gasteiger partial charge in [-0.05, 0) is 42.2 Å². The summed E-state index contributed by atoms with van der Waals surface area (Å²) < 4.78 is 0. The third-order valence-corrected chi connectivity index (χ3v) is 4.52. The van der Waals surface area contributed by atoms with Gasteiger partial charge in [-0.15, -0.1) is 0 Å². The van der Waals surface area contributed by atoms with Crippen molar-refractivity contribution in [2.45, 2.75) is 18.9 Å². The number of carbonyl (C=O) groups excluding carboxylic acids is 1. The zero-order valence-corrected chi connectivity index (χ0v) is 13.5. The maximum Gasteiger partial charge on any atom is 0.337 e. The van der Waals surface area contributed by atoms with E-state index in [1.54, 1.807) is 0 Å². The predicted octanol–water partition coefficient (Wildman–Crippen LogP) is 3.27. The lowest BCUT2D eigenvalue weighted by Gasteiger charge is -2.29. The Morgan fingerprint density at radius 2 is 1.92 bits per heavy atom. The zero-order chi connectivity index (χ0) is 17.3. The molecule has 0 bridgehead atoms. The molecule has 3 N–H and O–H groups in total. The van der Waals surface area contributed by atoms with E-state index in [2.05, 4.69) is 5.32 Å². The summed E-state index contributed by atoms with van der Waals surface area (Å²) in [5.74, 6) is -2.21. The first kappa shape index (κ1) is 16.5. The molecule has 2 atom stereocenters. The number of carboxylic acids is 1. The highest BCUT2D eigenvalue weighted by Crippen LogP contribution is 2.35. The average molecular weight is 346 g/mol. The van der Waals surface area contributed by atoms with Crippen LogP contribution < -0.4 is 5.32 Å². The number of hydrogen-bond acceptors (Lipinski definition) is 3. The van der Waals surface area contributed by atoms with Crippen LogP contribution in [0.5, 0.6) is 0 Å². The van der Waals surface area contributed by atoms with E-state index >= 15 is 0 Å². The number of halogens is 1. The van der Waals surface area contributed by atoms with Crippen LogP contribution in [0.15, 0.2) is 42.5 Å². The average Bonchev–Trinajstić information content (AvgIpc) is 2.56. The Bertz CT molecular complexity index is 805. The number of fused-ring (bicyclic) bond motifs is 1. The van der Waals surface area contributed by atoms with Crippen LogP contribution in [-0.2, 0) is 11.2 Å². The van der Waals surface area contributed by atoms with Crippen molar-refractivity contribution in [3.8, 4) is 0 Å². The number of carbonyl (C=O) groups is 2. The molecule has 0 saturated heterocycles. The van der Waals surface area contributed by atoms with E-state index in [0.29, 0.717) is 12.8 Å². The molecule has 1 aliphatic rings. The van der Waals surface area contributed by atoms with Crippen LogP contribution in [0.25, 0.3) is 0 Å². The lowest BCUT2D eigenvalue weighted by Crippen LogP contribution is -2.32. The van der Waals surface area contributed by atoms with Crippen LogP contribution in [0, 0.1) is 5.92 Å². The second-order valence-electron chi connectivity index (χ2n) is 5.77. The summed E-state index contributed by atoms with van der Waals surface area (Å²) in [7, 11) is 0. The number of hydrogen-bond donors (Lipinski definition) is 3. The number of aliphatic hydroxyl groups is 1. The van der Waals surface area contributed by atoms with Crippen LogP contribution in [-0.4, -0.2) is 22.1 Å². The molecule has 5 nitrogen and oxygen atoms in total. The van der Waals surface area contributed by atoms with Gasteiger partial charge in [-0.25, -0.2) is 4.79 Å². The van der Waals surface area contributed by atoms with Crippen LogP contribution >= 0.6 is 11.6 Å². The van der Waals surface area contributed by atoms with Crippen molar-refractivity contribution >= 4 is 29.2 Å². The monoisotopic (exact) mass is 345 g/mol. The molecule has 24 heavy (non-hydrogen) atoms. The molecule has 124 valence electrons. The van der Waals surface area contributed by atoms with Crippen molar-refractivity contribution in [2.75, 3.05) is 5.32 Å². The minimum atomic E-state index is -1.18. The Balaban J connectivity index is 1.83. The lowest BCUT2D eigenvalue weighted by atomic mass is 9.81. The number of rotatable bonds is 3. The molecular formula is C18H16ClNO4. The minimum Gasteiger partial charge on any atom is -0.478 e. The maximum absolute atomic E-state index is 12.6. The Morgan fingerprint density at radius 1 is 1.17 bits per heavy atom. The first-order valence-electron chi connectivity index (χ1n) is 7.57. The molecule has 1 amide bonds. The summed E-state index contributed by atoms with van der Waals surface area (Å²) in [6.45, 7) is 0. The van der Waals surface area contributed by atoms with Crippen molar-refractivity contribution in [2.24, 2.45) is 5.92 Å². The van der Waals surface area contributed by atoms with Crippen molar-refractivity contribution in [3.05, 3.63) is 64.2 Å². The summed E-state index contributed by atoms with van der Waals surface area (Å²) in [6.07, 6.45) is 0.285. The summed E-state index contributed by atoms with van der Waals surface area (Å²) in [5, 5.41) is 22.6. The maximum atomic E-state index is 12.6. The highest BCUT2D eigenvalue weighted by atomic mass is 35.5. The van der Waals surface area contributed by atoms with Crippen LogP contribution in [0.3, 0.4) is 0 Å². The summed E-state index contributed by atoms with van der Waals surface area (Å²) in [6, 6.07) is 11.7. The highest BCUT2D eigenvalue weighted by molar-refractivity contribution is 6.31. The normalized spacial score (nSPS) is 19.4. The minimum absolute atomic E-state index is 0.0819. The Labute approximate surface area is 143 Å². The molecule has 0 radical (unpaired) electrons. The van der Waals surface area contributed by atoms with Gasteiger partial charge in [0.05, 0.1) is 23.3 Å². The molecule has 2 unspecified atom stereocenters. The molecule has 0 heterocycles. The Kier molecular flexibility index (Phi) is 4.55. The van der Waals surface area contributed by atoms with Gasteiger partial charge in [-0.3, -0.25) is 4.79 Å². The number of amides is 1. The zero-order valence-electron chi connectivity index (χ0n) is 12.7. The van der Waals surface area contributed by atoms with Gasteiger partial charge >= 0.3 is 5.97 Å². The molecule has 0 aliphatic heterocycles. The summed E-state index contributed by atoms with van der Waals surface area (Å²) in [5.41, 5.74) is 1.87. The number of nitrogens with one attached hydrogen (secondary N) is 1. The van der Waals surface area contributed by atoms with E-state index in [9.17, 15) is 19.8 Å². The molecule has 2 aromatic rings. The smallest absolute Gasteiger partial charge is 0.337 e. The summed E-state index contributed by atoms with van der Waals surface area (Å²) in [4.78, 5) is 23.9. The fourth-order valence-electron chi connectivity index (χ4n) is 3.04. The van der Waals surface area contributed by atoms with Crippen molar-refractivity contribution in [1.29, 1.82) is 0 Å². The van der Waals surface area contributed by atoms with Gasteiger partial charge in [0.25, 0.3) is 0 Å². The van der Waals surface area contributed by atoms with Crippen LogP contribution in [0.4, 0.5) is 5.69 Å². The van der Waals surface area contributed by atoms with Gasteiger partial charge in [0.2, 0.25) is 5.91 Å². The topological polar surface area (TPSA) is 86.6 Å². The molecule has 3 rings (SSSR count). The van der Waals surface area contributed by atoms with Crippen molar-refractivity contribution in [3.63, 3.8) is 0 Å². The van der Waals surface area contributed by atoms with E-state index in [-0.39, 0.29) is 16.3 Å². The van der Waals surface area contributed by atoms with E-state index in [1.165, 1.54) is 18.2 Å². The highest BCUT2D eigenvalue weighted by Gasteiger charge is 2.33. The SMILES string of the molecule is O=C(O)c1cc(Cl)ccc1NC(=O)C1CCc2ccccc2C1O. The van der Waals surface area contributed by atoms with Gasteiger partial charge < -0.3 is 15.5 Å². The second kappa shape index (κ2) is 6.63. The number of benzene rings is 2. The molecule has 2 aromatic carbocycles. The van der Waals surface area contributed by atoms with E-state index < -0.39 is 23.9 Å². The van der Waals surface area contributed by atoms with Gasteiger partial charge in [-0.2, -0.15) is 0 Å². The number of carboxylic acid groups (broad SMARTS) is 1. The van der Waals surface area contributed by atoms with Gasteiger partial charge in [0, 0.05) is 5.02 Å². The van der Waals surface area contributed by atoms with Gasteiger partial charge in [0.15, 0.2) is 0 Å². The third kappa shape index (κ3) is 3.13. The Morgan fingerprint density at radius 3 is 2.67 bits per heavy atom. The molecule has 0 spiro atoms. The molecule has 0 saturated carbocycles. The van der Waals surface area contributed by atoms with Gasteiger partial charge in [-0.1, -0.05) is 35.9 Å². The largest absolute Gasteiger partial charge is 0.478 e. The number of anilines is 1. The van der Waals surface area contributed by atoms with Crippen LogP contribution in [0.1, 0.15) is 34.0 Å². The van der Waals surface area contributed by atoms with Crippen molar-refractivity contribution < 1.29 is 19.8 Å². The molecule has 1 aliphatic carbocycles. The van der Waals surface area contributed by atoms with E-state index in [0.717, 1.165) is 11.1 Å². The third-order valence-electron chi connectivity index (χ3n) is 4.29. The molecular weight excluding hydrogens is 330 g/mol. The predicted molar refractivity (Wildman–Crippen MR) is 90.3 cm³/mol. The quantitative estimate of drug-likeness (QED) is 0.796. The van der Waals surface area contributed by atoms with E-state index in [4.69, 9.17) is 11.6 Å². The number of aryl methyl sites for hydroxylation is 1. The standard InChI is InChI=1S/C18H16ClNO4/c19-11-6-8-15(14(9-11)18(23)24)20-17(22)13-7-5-10-3-1-2-4-12(10)16(13)21/h1-4,6,8-9,13,16,21H,5,7H2,(H,20,22)(H,23,24). The van der Waals surface area contributed by atoms with Crippen LogP contribution in [0.2, 0.25) is 5.02 Å². The number of aliphatic hydroxyl groups excluding tert-OH is 1. The first-order valence-corrected chi connectivity index (χ1v) is 7.94. The molecule has 0 aromatic heterocycles. The second-order valence-corrected chi connectivity index (χ2v) is 6.21. The van der Waals surface area contributed by atoms with Gasteiger partial charge in [0.1, 0.15) is 0 Å². The first-order chi connectivity index (χ1) is 11.5. The fourth-order valence-corrected chi connectivity index (χ4v) is 3.21.